The van der Waals surface area contributed by atoms with Gasteiger partial charge in [0, 0.05) is 23.9 Å². The second-order valence-corrected chi connectivity index (χ2v) is 7.38. The minimum atomic E-state index is -0.607. The molecule has 3 aromatic rings. The number of carbonyl (C=O) groups is 1. The normalized spacial score (nSPS) is 11.8. The van der Waals surface area contributed by atoms with E-state index in [0.29, 0.717) is 25.1 Å². The van der Waals surface area contributed by atoms with Crippen LogP contribution in [-0.4, -0.2) is 23.5 Å². The van der Waals surface area contributed by atoms with E-state index >= 15 is 0 Å². The van der Waals surface area contributed by atoms with E-state index in [4.69, 9.17) is 4.74 Å². The molecule has 0 bridgehead atoms. The van der Waals surface area contributed by atoms with Crippen LogP contribution in [0.2, 0.25) is 0 Å². The first kappa shape index (κ1) is 20.0. The highest BCUT2D eigenvalue weighted by molar-refractivity contribution is 7.13. The summed E-state index contributed by atoms with van der Waals surface area (Å²) < 4.78 is 18.6. The van der Waals surface area contributed by atoms with E-state index in [1.165, 1.54) is 29.8 Å². The zero-order valence-electron chi connectivity index (χ0n) is 15.9. The van der Waals surface area contributed by atoms with Gasteiger partial charge in [-0.2, -0.15) is 0 Å². The zero-order chi connectivity index (χ0) is 19.9. The van der Waals surface area contributed by atoms with Crippen LogP contribution in [-0.2, 0) is 11.2 Å². The lowest BCUT2D eigenvalue weighted by atomic mass is 10.2. The number of hydrogen-bond acceptors (Lipinski definition) is 4. The van der Waals surface area contributed by atoms with E-state index in [-0.39, 0.29) is 11.7 Å². The van der Waals surface area contributed by atoms with Gasteiger partial charge in [-0.05, 0) is 37.6 Å². The fourth-order valence-corrected chi connectivity index (χ4v) is 3.54. The SMILES string of the molecule is CC[C@H](Oc1ccc(F)cc1)C(=O)NCCc1csc(-c2ccc(C)cc2)n1. The minimum absolute atomic E-state index is 0.180. The molecule has 0 saturated heterocycles. The van der Waals surface area contributed by atoms with Crippen LogP contribution in [0.3, 0.4) is 0 Å². The number of halogens is 1. The quantitative estimate of drug-likeness (QED) is 0.594. The average Bonchev–Trinajstić information content (AvgIpc) is 3.17. The van der Waals surface area contributed by atoms with Crippen LogP contribution in [0.1, 0.15) is 24.6 Å². The van der Waals surface area contributed by atoms with Gasteiger partial charge >= 0.3 is 0 Å². The summed E-state index contributed by atoms with van der Waals surface area (Å²) in [6.45, 7) is 4.42. The maximum atomic E-state index is 13.0. The summed E-state index contributed by atoms with van der Waals surface area (Å²) in [6, 6.07) is 13.9. The molecule has 0 saturated carbocycles. The van der Waals surface area contributed by atoms with Crippen LogP contribution in [0.15, 0.2) is 53.9 Å². The molecule has 3 rings (SSSR count). The zero-order valence-corrected chi connectivity index (χ0v) is 16.8. The van der Waals surface area contributed by atoms with Crippen molar-refractivity contribution in [1.82, 2.24) is 10.3 Å². The molecule has 0 fully saturated rings. The summed E-state index contributed by atoms with van der Waals surface area (Å²) in [5, 5.41) is 5.90. The summed E-state index contributed by atoms with van der Waals surface area (Å²) >= 11 is 1.60. The Bertz CT molecular complexity index is 907. The maximum Gasteiger partial charge on any atom is 0.261 e. The van der Waals surface area contributed by atoms with Gasteiger partial charge < -0.3 is 10.1 Å². The molecule has 2 aromatic carbocycles. The number of amides is 1. The molecule has 0 spiro atoms. The molecular weight excluding hydrogens is 375 g/mol. The van der Waals surface area contributed by atoms with Crippen LogP contribution < -0.4 is 10.1 Å². The first-order chi connectivity index (χ1) is 13.5. The van der Waals surface area contributed by atoms with Crippen molar-refractivity contribution in [2.45, 2.75) is 32.8 Å². The number of carbonyl (C=O) groups excluding carboxylic acids is 1. The van der Waals surface area contributed by atoms with Crippen LogP contribution in [0.5, 0.6) is 5.75 Å². The number of nitrogens with zero attached hydrogens (tertiary/aromatic N) is 1. The Labute approximate surface area is 168 Å². The summed E-state index contributed by atoms with van der Waals surface area (Å²) in [7, 11) is 0. The number of benzene rings is 2. The standard InChI is InChI=1S/C22H23FN2O2S/c1-3-20(27-19-10-8-17(23)9-11-19)21(26)24-13-12-18-14-28-22(25-18)16-6-4-15(2)5-7-16/h4-11,14,20H,3,12-13H2,1-2H3,(H,24,26)/t20-/m0/s1. The second-order valence-electron chi connectivity index (χ2n) is 6.52. The molecule has 1 heterocycles. The van der Waals surface area contributed by atoms with E-state index in [2.05, 4.69) is 41.5 Å². The number of rotatable bonds is 8. The number of ether oxygens (including phenoxy) is 1. The summed E-state index contributed by atoms with van der Waals surface area (Å²) in [5.41, 5.74) is 3.27. The highest BCUT2D eigenvalue weighted by atomic mass is 32.1. The van der Waals surface area contributed by atoms with Crippen molar-refractivity contribution >= 4 is 17.2 Å². The lowest BCUT2D eigenvalue weighted by Crippen LogP contribution is -2.38. The van der Waals surface area contributed by atoms with Crippen molar-refractivity contribution in [3.63, 3.8) is 0 Å². The second kappa shape index (κ2) is 9.46. The Morgan fingerprint density at radius 3 is 2.57 bits per heavy atom. The van der Waals surface area contributed by atoms with Crippen molar-refractivity contribution in [2.75, 3.05) is 6.54 Å². The number of aryl methyl sites for hydroxylation is 1. The van der Waals surface area contributed by atoms with Gasteiger partial charge in [0.2, 0.25) is 0 Å². The van der Waals surface area contributed by atoms with Crippen molar-refractivity contribution < 1.29 is 13.9 Å². The van der Waals surface area contributed by atoms with Gasteiger partial charge in [-0.3, -0.25) is 4.79 Å². The molecule has 1 amide bonds. The molecule has 1 atom stereocenters. The Kier molecular flexibility index (Phi) is 6.76. The highest BCUT2D eigenvalue weighted by Gasteiger charge is 2.18. The van der Waals surface area contributed by atoms with Crippen LogP contribution in [0, 0.1) is 12.7 Å². The topological polar surface area (TPSA) is 51.2 Å². The van der Waals surface area contributed by atoms with E-state index in [9.17, 15) is 9.18 Å². The summed E-state index contributed by atoms with van der Waals surface area (Å²) in [6.07, 6.45) is 0.572. The predicted molar refractivity (Wildman–Crippen MR) is 110 cm³/mol. The van der Waals surface area contributed by atoms with Gasteiger partial charge in [0.25, 0.3) is 5.91 Å². The third-order valence-electron chi connectivity index (χ3n) is 4.29. The lowest BCUT2D eigenvalue weighted by molar-refractivity contribution is -0.128. The van der Waals surface area contributed by atoms with Crippen LogP contribution in [0.25, 0.3) is 10.6 Å². The van der Waals surface area contributed by atoms with Gasteiger partial charge in [-0.15, -0.1) is 11.3 Å². The van der Waals surface area contributed by atoms with E-state index in [0.717, 1.165) is 16.3 Å². The molecule has 146 valence electrons. The molecule has 0 aliphatic carbocycles. The monoisotopic (exact) mass is 398 g/mol. The highest BCUT2D eigenvalue weighted by Crippen LogP contribution is 2.24. The molecule has 1 aromatic heterocycles. The van der Waals surface area contributed by atoms with Gasteiger partial charge in [0.05, 0.1) is 5.69 Å². The Hall–Kier alpha value is -2.73. The molecule has 0 unspecified atom stereocenters. The molecule has 6 heteroatoms. The van der Waals surface area contributed by atoms with Crippen molar-refractivity contribution in [3.8, 4) is 16.3 Å². The van der Waals surface area contributed by atoms with E-state index < -0.39 is 6.10 Å². The van der Waals surface area contributed by atoms with Crippen molar-refractivity contribution in [1.29, 1.82) is 0 Å². The lowest BCUT2D eigenvalue weighted by Gasteiger charge is -2.17. The molecule has 28 heavy (non-hydrogen) atoms. The van der Waals surface area contributed by atoms with Crippen LogP contribution >= 0.6 is 11.3 Å². The first-order valence-corrected chi connectivity index (χ1v) is 10.1. The molecule has 0 radical (unpaired) electrons. The molecular formula is C22H23FN2O2S. The fourth-order valence-electron chi connectivity index (χ4n) is 2.68. The Morgan fingerprint density at radius 1 is 1.18 bits per heavy atom. The third kappa shape index (κ3) is 5.39. The fraction of sp³-hybridized carbons (Fsp3) is 0.273. The maximum absolute atomic E-state index is 13.0. The van der Waals surface area contributed by atoms with Crippen molar-refractivity contribution in [3.05, 3.63) is 71.0 Å². The smallest absolute Gasteiger partial charge is 0.261 e. The van der Waals surface area contributed by atoms with Gasteiger partial charge in [0.15, 0.2) is 6.10 Å². The van der Waals surface area contributed by atoms with Crippen molar-refractivity contribution in [2.24, 2.45) is 0 Å². The van der Waals surface area contributed by atoms with Crippen LogP contribution in [0.4, 0.5) is 4.39 Å². The molecule has 0 aliphatic heterocycles. The van der Waals surface area contributed by atoms with Gasteiger partial charge in [-0.25, -0.2) is 9.37 Å². The molecule has 4 nitrogen and oxygen atoms in total. The number of aromatic nitrogens is 1. The number of nitrogens with one attached hydrogen (secondary N) is 1. The molecule has 1 N–H and O–H groups in total. The van der Waals surface area contributed by atoms with Gasteiger partial charge in [0.1, 0.15) is 16.6 Å². The van der Waals surface area contributed by atoms with Gasteiger partial charge in [-0.1, -0.05) is 36.8 Å². The third-order valence-corrected chi connectivity index (χ3v) is 5.23. The van der Waals surface area contributed by atoms with E-state index in [1.54, 1.807) is 11.3 Å². The minimum Gasteiger partial charge on any atom is -0.481 e. The Balaban J connectivity index is 1.50. The molecule has 0 aliphatic rings. The number of thiazole rings is 1. The summed E-state index contributed by atoms with van der Waals surface area (Å²) in [4.78, 5) is 17.0. The largest absolute Gasteiger partial charge is 0.481 e. The summed E-state index contributed by atoms with van der Waals surface area (Å²) in [5.74, 6) is -0.0374. The first-order valence-electron chi connectivity index (χ1n) is 9.26. The predicted octanol–water partition coefficient (Wildman–Crippen LogP) is 4.77. The van der Waals surface area contributed by atoms with E-state index in [1.807, 2.05) is 12.3 Å². The Morgan fingerprint density at radius 2 is 1.89 bits per heavy atom. The average molecular weight is 399 g/mol. The number of hydrogen-bond donors (Lipinski definition) is 1.